The van der Waals surface area contributed by atoms with Gasteiger partial charge < -0.3 is 4.74 Å². The van der Waals surface area contributed by atoms with Crippen molar-refractivity contribution in [2.75, 3.05) is 12.4 Å². The summed E-state index contributed by atoms with van der Waals surface area (Å²) in [7, 11) is 1.62. The number of benzene rings is 1. The highest BCUT2D eigenvalue weighted by Crippen LogP contribution is 2.24. The van der Waals surface area contributed by atoms with E-state index in [1.54, 1.807) is 13.2 Å². The number of methoxy groups -OCH3 is 1. The zero-order valence-electron chi connectivity index (χ0n) is 13.4. The summed E-state index contributed by atoms with van der Waals surface area (Å²) in [6.45, 7) is -0.131. The number of rotatable bonds is 6. The molecule has 0 bridgehead atoms. The topological polar surface area (TPSA) is 99.0 Å². The molecule has 0 fully saturated rings. The fraction of sp³-hybridized carbons (Fsp3) is 0.188. The van der Waals surface area contributed by atoms with Crippen molar-refractivity contribution in [1.29, 1.82) is 0 Å². The minimum Gasteiger partial charge on any atom is -0.496 e. The summed E-state index contributed by atoms with van der Waals surface area (Å²) in [4.78, 5) is 27.1. The van der Waals surface area contributed by atoms with Crippen LogP contribution in [0.25, 0.3) is 0 Å². The Kier molecular flexibility index (Phi) is 5.14. The maximum Gasteiger partial charge on any atom is 0.347 e. The van der Waals surface area contributed by atoms with Gasteiger partial charge in [-0.15, -0.1) is 10.2 Å². The molecule has 2 aromatic heterocycles. The molecule has 0 atom stereocenters. The van der Waals surface area contributed by atoms with Crippen LogP contribution >= 0.6 is 11.3 Å². The van der Waals surface area contributed by atoms with Gasteiger partial charge in [-0.1, -0.05) is 29.5 Å². The maximum atomic E-state index is 12.0. The molecule has 1 N–H and O–H groups in total. The van der Waals surface area contributed by atoms with Crippen LogP contribution in [0, 0.1) is 0 Å². The fourth-order valence-electron chi connectivity index (χ4n) is 2.21. The number of ether oxygens (including phenoxy) is 1. The number of hydrogen-bond acceptors (Lipinski definition) is 7. The lowest BCUT2D eigenvalue weighted by atomic mass is 10.1. The first kappa shape index (κ1) is 16.8. The summed E-state index contributed by atoms with van der Waals surface area (Å²) in [6, 6.07) is 9.24. The van der Waals surface area contributed by atoms with Crippen LogP contribution in [0.4, 0.5) is 5.13 Å². The molecule has 0 aliphatic heterocycles. The van der Waals surface area contributed by atoms with Gasteiger partial charge in [-0.25, -0.2) is 9.78 Å². The Morgan fingerprint density at radius 1 is 1.28 bits per heavy atom. The van der Waals surface area contributed by atoms with Gasteiger partial charge in [0.1, 0.15) is 17.3 Å². The molecular weight excluding hydrogens is 342 g/mol. The smallest absolute Gasteiger partial charge is 0.347 e. The molecule has 8 nitrogen and oxygen atoms in total. The molecule has 3 rings (SSSR count). The van der Waals surface area contributed by atoms with Gasteiger partial charge in [0, 0.05) is 24.4 Å². The molecule has 3 aromatic rings. The van der Waals surface area contributed by atoms with Gasteiger partial charge in [0.2, 0.25) is 11.0 Å². The van der Waals surface area contributed by atoms with Crippen molar-refractivity contribution in [3.05, 3.63) is 63.8 Å². The fourth-order valence-corrected chi connectivity index (χ4v) is 2.99. The van der Waals surface area contributed by atoms with Gasteiger partial charge in [-0.3, -0.25) is 14.7 Å². The number of amides is 1. The third kappa shape index (κ3) is 4.27. The zero-order valence-corrected chi connectivity index (χ0v) is 14.2. The van der Waals surface area contributed by atoms with E-state index in [1.807, 2.05) is 24.3 Å². The Morgan fingerprint density at radius 3 is 2.92 bits per heavy atom. The van der Waals surface area contributed by atoms with E-state index in [4.69, 9.17) is 4.74 Å². The molecule has 2 heterocycles. The van der Waals surface area contributed by atoms with E-state index in [9.17, 15) is 9.59 Å². The van der Waals surface area contributed by atoms with Crippen molar-refractivity contribution in [3.63, 3.8) is 0 Å². The molecule has 0 saturated heterocycles. The highest BCUT2D eigenvalue weighted by Gasteiger charge is 2.11. The second-order valence-electron chi connectivity index (χ2n) is 5.07. The van der Waals surface area contributed by atoms with E-state index in [1.165, 1.54) is 28.3 Å². The van der Waals surface area contributed by atoms with Crippen LogP contribution in [0.5, 0.6) is 5.75 Å². The molecular formula is C16H15N5O3S. The van der Waals surface area contributed by atoms with Gasteiger partial charge in [0.25, 0.3) is 0 Å². The Morgan fingerprint density at radius 2 is 2.12 bits per heavy atom. The standard InChI is InChI=1S/C16H15N5O3S/c1-24-12-6-3-2-5-11(12)9-14-19-20-15(25-14)18-13(22)10-21-8-4-7-17-16(21)23/h2-8H,9-10H2,1H3,(H,18,20,22). The first-order valence-electron chi connectivity index (χ1n) is 7.41. The summed E-state index contributed by atoms with van der Waals surface area (Å²) in [5.74, 6) is 0.411. The van der Waals surface area contributed by atoms with E-state index in [2.05, 4.69) is 20.5 Å². The SMILES string of the molecule is COc1ccccc1Cc1nnc(NC(=O)Cn2cccnc2=O)s1. The molecule has 0 aliphatic rings. The number of aromatic nitrogens is 4. The van der Waals surface area contributed by atoms with Gasteiger partial charge in [-0.05, 0) is 12.1 Å². The van der Waals surface area contributed by atoms with Gasteiger partial charge >= 0.3 is 5.69 Å². The predicted molar refractivity (Wildman–Crippen MR) is 92.8 cm³/mol. The zero-order chi connectivity index (χ0) is 17.6. The van der Waals surface area contributed by atoms with E-state index < -0.39 is 5.69 Å². The Bertz CT molecular complexity index is 937. The second-order valence-corrected chi connectivity index (χ2v) is 6.13. The van der Waals surface area contributed by atoms with Crippen molar-refractivity contribution in [2.45, 2.75) is 13.0 Å². The molecule has 0 spiro atoms. The minimum atomic E-state index is -0.480. The third-order valence-corrected chi connectivity index (χ3v) is 4.18. The van der Waals surface area contributed by atoms with Crippen molar-refractivity contribution < 1.29 is 9.53 Å². The lowest BCUT2D eigenvalue weighted by Gasteiger charge is -2.05. The molecule has 0 aliphatic carbocycles. The summed E-state index contributed by atoms with van der Waals surface area (Å²) < 4.78 is 6.53. The first-order chi connectivity index (χ1) is 12.2. The number of carbonyl (C=O) groups excluding carboxylic acids is 1. The molecule has 0 radical (unpaired) electrons. The number of nitrogens with zero attached hydrogens (tertiary/aromatic N) is 4. The summed E-state index contributed by atoms with van der Waals surface area (Å²) in [5.41, 5.74) is 0.507. The monoisotopic (exact) mass is 357 g/mol. The van der Waals surface area contributed by atoms with E-state index in [0.29, 0.717) is 11.6 Å². The second kappa shape index (κ2) is 7.67. The highest BCUT2D eigenvalue weighted by atomic mass is 32.1. The van der Waals surface area contributed by atoms with Crippen molar-refractivity contribution in [3.8, 4) is 5.75 Å². The van der Waals surface area contributed by atoms with Gasteiger partial charge in [0.05, 0.1) is 7.11 Å². The lowest BCUT2D eigenvalue weighted by Crippen LogP contribution is -2.28. The highest BCUT2D eigenvalue weighted by molar-refractivity contribution is 7.15. The molecule has 1 amide bonds. The van der Waals surface area contributed by atoms with E-state index in [0.717, 1.165) is 16.3 Å². The number of hydrogen-bond donors (Lipinski definition) is 1. The average molecular weight is 357 g/mol. The van der Waals surface area contributed by atoms with Crippen molar-refractivity contribution >= 4 is 22.4 Å². The third-order valence-electron chi connectivity index (χ3n) is 3.34. The van der Waals surface area contributed by atoms with E-state index in [-0.39, 0.29) is 12.5 Å². The van der Waals surface area contributed by atoms with E-state index >= 15 is 0 Å². The van der Waals surface area contributed by atoms with Crippen LogP contribution in [0.1, 0.15) is 10.6 Å². The van der Waals surface area contributed by atoms with Crippen LogP contribution < -0.4 is 15.7 Å². The number of anilines is 1. The molecule has 128 valence electrons. The Labute approximate surface area is 147 Å². The van der Waals surface area contributed by atoms with Crippen molar-refractivity contribution in [2.24, 2.45) is 0 Å². The molecule has 0 saturated carbocycles. The maximum absolute atomic E-state index is 12.0. The Hall–Kier alpha value is -3.07. The number of carbonyl (C=O) groups is 1. The predicted octanol–water partition coefficient (Wildman–Crippen LogP) is 1.33. The normalized spacial score (nSPS) is 10.4. The Balaban J connectivity index is 1.64. The first-order valence-corrected chi connectivity index (χ1v) is 8.23. The quantitative estimate of drug-likeness (QED) is 0.715. The molecule has 1 aromatic carbocycles. The molecule has 9 heteroatoms. The van der Waals surface area contributed by atoms with Gasteiger partial charge in [-0.2, -0.15) is 0 Å². The molecule has 0 unspecified atom stereocenters. The van der Waals surface area contributed by atoms with Gasteiger partial charge in [0.15, 0.2) is 0 Å². The largest absolute Gasteiger partial charge is 0.496 e. The van der Waals surface area contributed by atoms with Crippen LogP contribution in [-0.2, 0) is 17.8 Å². The summed E-state index contributed by atoms with van der Waals surface area (Å²) in [5, 5.41) is 11.8. The summed E-state index contributed by atoms with van der Waals surface area (Å²) in [6.07, 6.45) is 3.44. The van der Waals surface area contributed by atoms with Crippen molar-refractivity contribution in [1.82, 2.24) is 19.7 Å². The van der Waals surface area contributed by atoms with Crippen LogP contribution in [0.3, 0.4) is 0 Å². The summed E-state index contributed by atoms with van der Waals surface area (Å²) >= 11 is 1.28. The minimum absolute atomic E-state index is 0.131. The molecule has 25 heavy (non-hydrogen) atoms. The number of nitrogens with one attached hydrogen (secondary N) is 1. The lowest BCUT2D eigenvalue weighted by molar-refractivity contribution is -0.116. The van der Waals surface area contributed by atoms with Crippen LogP contribution in [-0.4, -0.2) is 32.8 Å². The number of para-hydroxylation sites is 1. The van der Waals surface area contributed by atoms with Crippen LogP contribution in [0.15, 0.2) is 47.5 Å². The van der Waals surface area contributed by atoms with Crippen LogP contribution in [0.2, 0.25) is 0 Å². The average Bonchev–Trinajstić information content (AvgIpc) is 3.04.